The number of ether oxygens (including phenoxy) is 2. The van der Waals surface area contributed by atoms with Crippen molar-refractivity contribution in [3.05, 3.63) is 54.1 Å². The summed E-state index contributed by atoms with van der Waals surface area (Å²) in [7, 11) is 1.26. The fraction of sp³-hybridized carbons (Fsp3) is 0.400. The van der Waals surface area contributed by atoms with Crippen LogP contribution in [0.3, 0.4) is 0 Å². The predicted octanol–water partition coefficient (Wildman–Crippen LogP) is 1.41. The maximum absolute atomic E-state index is 12.8. The Bertz CT molecular complexity index is 825. The lowest BCUT2D eigenvalue weighted by Gasteiger charge is -2.25. The van der Waals surface area contributed by atoms with Crippen LogP contribution in [0.2, 0.25) is 0 Å². The van der Waals surface area contributed by atoms with E-state index in [1.807, 2.05) is 30.3 Å². The third-order valence-electron chi connectivity index (χ3n) is 4.78. The molecule has 1 aromatic carbocycles. The topological polar surface area (TPSA) is 114 Å². The van der Waals surface area contributed by atoms with Crippen LogP contribution in [0.5, 0.6) is 0 Å². The molecule has 29 heavy (non-hydrogen) atoms. The van der Waals surface area contributed by atoms with Crippen molar-refractivity contribution in [3.63, 3.8) is 0 Å². The summed E-state index contributed by atoms with van der Waals surface area (Å²) >= 11 is 0. The first-order valence-corrected chi connectivity index (χ1v) is 9.41. The molecule has 1 aliphatic heterocycles. The second-order valence-corrected chi connectivity index (χ2v) is 6.76. The minimum absolute atomic E-state index is 0.134. The Kier molecular flexibility index (Phi) is 6.83. The SMILES string of the molecule is COC(=O)[C@H](Cc1cnc[nH]1)NC(=O)[C@@H]1CCCN1C(=O)OCc1ccccc1. The first-order valence-electron chi connectivity index (χ1n) is 9.41. The van der Waals surface area contributed by atoms with Crippen molar-refractivity contribution in [2.24, 2.45) is 0 Å². The van der Waals surface area contributed by atoms with Gasteiger partial charge in [-0.2, -0.15) is 0 Å². The highest BCUT2D eigenvalue weighted by atomic mass is 16.6. The standard InChI is InChI=1S/C20H24N4O5/c1-28-19(26)16(10-15-11-21-13-22-15)23-18(25)17-8-5-9-24(17)20(27)29-12-14-6-3-2-4-7-14/h2-4,6-7,11,13,16-17H,5,8-10,12H2,1H3,(H,21,22)(H,23,25)/t16-,17-/m0/s1. The van der Waals surface area contributed by atoms with E-state index in [0.717, 1.165) is 5.56 Å². The van der Waals surface area contributed by atoms with E-state index in [1.165, 1.54) is 18.3 Å². The average molecular weight is 400 g/mol. The van der Waals surface area contributed by atoms with Gasteiger partial charge in [0.1, 0.15) is 18.7 Å². The lowest BCUT2D eigenvalue weighted by atomic mass is 10.1. The van der Waals surface area contributed by atoms with Crippen LogP contribution in [0.4, 0.5) is 4.79 Å². The van der Waals surface area contributed by atoms with E-state index in [0.29, 0.717) is 25.1 Å². The molecule has 0 radical (unpaired) electrons. The lowest BCUT2D eigenvalue weighted by molar-refractivity contribution is -0.145. The molecule has 0 unspecified atom stereocenters. The van der Waals surface area contributed by atoms with Crippen LogP contribution in [0.25, 0.3) is 0 Å². The summed E-state index contributed by atoms with van der Waals surface area (Å²) in [5, 5.41) is 2.70. The van der Waals surface area contributed by atoms with Gasteiger partial charge in [-0.1, -0.05) is 30.3 Å². The first-order chi connectivity index (χ1) is 14.1. The summed E-state index contributed by atoms with van der Waals surface area (Å²) in [5.41, 5.74) is 1.55. The van der Waals surface area contributed by atoms with Gasteiger partial charge in [0, 0.05) is 24.9 Å². The van der Waals surface area contributed by atoms with E-state index in [4.69, 9.17) is 9.47 Å². The highest BCUT2D eigenvalue weighted by molar-refractivity contribution is 5.90. The number of hydrogen-bond acceptors (Lipinski definition) is 6. The summed E-state index contributed by atoms with van der Waals surface area (Å²) in [4.78, 5) is 45.6. The number of aromatic amines is 1. The Morgan fingerprint density at radius 2 is 2.10 bits per heavy atom. The van der Waals surface area contributed by atoms with Gasteiger partial charge in [-0.25, -0.2) is 14.6 Å². The summed E-state index contributed by atoms with van der Waals surface area (Å²) in [6.45, 7) is 0.560. The summed E-state index contributed by atoms with van der Waals surface area (Å²) < 4.78 is 10.1. The van der Waals surface area contributed by atoms with Crippen LogP contribution in [-0.4, -0.2) is 58.6 Å². The molecule has 2 atom stereocenters. The fourth-order valence-corrected chi connectivity index (χ4v) is 3.28. The van der Waals surface area contributed by atoms with Crippen molar-refractivity contribution in [1.29, 1.82) is 0 Å². The number of likely N-dealkylation sites (tertiary alicyclic amines) is 1. The van der Waals surface area contributed by atoms with Gasteiger partial charge in [0.2, 0.25) is 5.91 Å². The molecule has 1 saturated heterocycles. The molecule has 0 aliphatic carbocycles. The predicted molar refractivity (Wildman–Crippen MR) is 103 cm³/mol. The minimum Gasteiger partial charge on any atom is -0.467 e. The van der Waals surface area contributed by atoms with E-state index in [-0.39, 0.29) is 13.0 Å². The highest BCUT2D eigenvalue weighted by Gasteiger charge is 2.37. The van der Waals surface area contributed by atoms with Crippen molar-refractivity contribution in [3.8, 4) is 0 Å². The van der Waals surface area contributed by atoms with Crippen molar-refractivity contribution in [2.75, 3.05) is 13.7 Å². The molecule has 2 N–H and O–H groups in total. The summed E-state index contributed by atoms with van der Waals surface area (Å²) in [6, 6.07) is 7.76. The van der Waals surface area contributed by atoms with Crippen molar-refractivity contribution in [1.82, 2.24) is 20.2 Å². The third kappa shape index (κ3) is 5.34. The van der Waals surface area contributed by atoms with Crippen LogP contribution in [0.15, 0.2) is 42.9 Å². The fourth-order valence-electron chi connectivity index (χ4n) is 3.28. The molecule has 0 spiro atoms. The van der Waals surface area contributed by atoms with Crippen molar-refractivity contribution >= 4 is 18.0 Å². The highest BCUT2D eigenvalue weighted by Crippen LogP contribution is 2.19. The Hall–Kier alpha value is -3.36. The second-order valence-electron chi connectivity index (χ2n) is 6.76. The number of benzene rings is 1. The van der Waals surface area contributed by atoms with Crippen molar-refractivity contribution < 1.29 is 23.9 Å². The zero-order valence-electron chi connectivity index (χ0n) is 16.2. The zero-order valence-corrected chi connectivity index (χ0v) is 16.2. The number of nitrogens with zero attached hydrogens (tertiary/aromatic N) is 2. The van der Waals surface area contributed by atoms with Crippen LogP contribution >= 0.6 is 0 Å². The minimum atomic E-state index is -0.879. The number of amides is 2. The van der Waals surface area contributed by atoms with Gasteiger partial charge in [0.25, 0.3) is 0 Å². The Morgan fingerprint density at radius 1 is 1.31 bits per heavy atom. The molecule has 2 amide bonds. The van der Waals surface area contributed by atoms with Crippen LogP contribution < -0.4 is 5.32 Å². The Morgan fingerprint density at radius 3 is 2.79 bits per heavy atom. The number of nitrogens with one attached hydrogen (secondary N) is 2. The lowest BCUT2D eigenvalue weighted by Crippen LogP contribution is -2.51. The molecule has 2 heterocycles. The Balaban J connectivity index is 1.60. The molecule has 1 aliphatic rings. The first kappa shape index (κ1) is 20.4. The molecular weight excluding hydrogens is 376 g/mol. The van der Waals surface area contributed by atoms with Gasteiger partial charge in [-0.3, -0.25) is 9.69 Å². The molecule has 3 rings (SSSR count). The van der Waals surface area contributed by atoms with Crippen molar-refractivity contribution in [2.45, 2.75) is 38.0 Å². The number of aromatic nitrogens is 2. The summed E-state index contributed by atoms with van der Waals surface area (Å²) in [6.07, 6.45) is 3.92. The molecule has 0 bridgehead atoms. The van der Waals surface area contributed by atoms with Crippen LogP contribution in [0, 0.1) is 0 Å². The molecule has 9 nitrogen and oxygen atoms in total. The number of carbonyl (C=O) groups is 3. The normalized spacial score (nSPS) is 16.9. The van der Waals surface area contributed by atoms with Crippen LogP contribution in [0.1, 0.15) is 24.1 Å². The number of imidazole rings is 1. The Labute approximate surface area is 168 Å². The van der Waals surface area contributed by atoms with E-state index in [1.54, 1.807) is 6.20 Å². The monoisotopic (exact) mass is 400 g/mol. The maximum atomic E-state index is 12.8. The second kappa shape index (κ2) is 9.72. The molecule has 1 fully saturated rings. The maximum Gasteiger partial charge on any atom is 0.410 e. The number of esters is 1. The molecular formula is C20H24N4O5. The molecule has 154 valence electrons. The van der Waals surface area contributed by atoms with Crippen LogP contribution in [-0.2, 0) is 32.1 Å². The number of rotatable bonds is 7. The zero-order chi connectivity index (χ0) is 20.6. The van der Waals surface area contributed by atoms with Gasteiger partial charge >= 0.3 is 12.1 Å². The third-order valence-corrected chi connectivity index (χ3v) is 4.78. The number of methoxy groups -OCH3 is 1. The van der Waals surface area contributed by atoms with E-state index >= 15 is 0 Å². The van der Waals surface area contributed by atoms with E-state index in [9.17, 15) is 14.4 Å². The van der Waals surface area contributed by atoms with Gasteiger partial charge in [-0.15, -0.1) is 0 Å². The van der Waals surface area contributed by atoms with Gasteiger partial charge in [0.15, 0.2) is 0 Å². The number of H-pyrrole nitrogens is 1. The molecule has 0 saturated carbocycles. The smallest absolute Gasteiger partial charge is 0.410 e. The van der Waals surface area contributed by atoms with Gasteiger partial charge < -0.3 is 19.8 Å². The largest absolute Gasteiger partial charge is 0.467 e. The average Bonchev–Trinajstić information content (AvgIpc) is 3.43. The molecule has 2 aromatic rings. The quantitative estimate of drug-likeness (QED) is 0.680. The number of hydrogen-bond donors (Lipinski definition) is 2. The van der Waals surface area contributed by atoms with Gasteiger partial charge in [-0.05, 0) is 18.4 Å². The molecule has 9 heteroatoms. The van der Waals surface area contributed by atoms with E-state index < -0.39 is 30.1 Å². The van der Waals surface area contributed by atoms with Gasteiger partial charge in [0.05, 0.1) is 13.4 Å². The summed E-state index contributed by atoms with van der Waals surface area (Å²) in [5.74, 6) is -0.974. The molecule has 1 aromatic heterocycles. The van der Waals surface area contributed by atoms with E-state index in [2.05, 4.69) is 15.3 Å². The number of carbonyl (C=O) groups excluding carboxylic acids is 3.